The molecule has 0 aliphatic carbocycles. The molecule has 3 rings (SSSR count). The maximum Gasteiger partial charge on any atom is 0.225 e. The van der Waals surface area contributed by atoms with Crippen LogP contribution in [0.2, 0.25) is 0 Å². The van der Waals surface area contributed by atoms with Crippen LogP contribution in [0.15, 0.2) is 54.6 Å². The van der Waals surface area contributed by atoms with Crippen LogP contribution in [0.25, 0.3) is 0 Å². The molecule has 1 saturated heterocycles. The number of benzene rings is 2. The fourth-order valence-corrected chi connectivity index (χ4v) is 3.61. The zero-order valence-corrected chi connectivity index (χ0v) is 15.7. The van der Waals surface area contributed by atoms with Gasteiger partial charge in [0.2, 0.25) is 11.8 Å². The van der Waals surface area contributed by atoms with Crippen LogP contribution in [0.1, 0.15) is 30.9 Å². The van der Waals surface area contributed by atoms with E-state index in [0.29, 0.717) is 19.6 Å². The summed E-state index contributed by atoms with van der Waals surface area (Å²) in [5.41, 5.74) is 1.77. The highest BCUT2D eigenvalue weighted by Gasteiger charge is 2.40. The normalized spacial score (nSPS) is 19.3. The van der Waals surface area contributed by atoms with Crippen LogP contribution in [0.5, 0.6) is 0 Å². The summed E-state index contributed by atoms with van der Waals surface area (Å²) in [6, 6.07) is 16.0. The average Bonchev–Trinajstić information content (AvgIpc) is 3.11. The van der Waals surface area contributed by atoms with Gasteiger partial charge in [0, 0.05) is 31.5 Å². The summed E-state index contributed by atoms with van der Waals surface area (Å²) in [6.07, 6.45) is 0. The largest absolute Gasteiger partial charge is 0.352 e. The van der Waals surface area contributed by atoms with Crippen LogP contribution in [0.4, 0.5) is 4.39 Å². The van der Waals surface area contributed by atoms with Gasteiger partial charge in [-0.1, -0.05) is 56.3 Å². The number of nitrogens with one attached hydrogen (secondary N) is 1. The van der Waals surface area contributed by atoms with E-state index in [1.54, 1.807) is 11.0 Å². The van der Waals surface area contributed by atoms with Crippen molar-refractivity contribution in [1.29, 1.82) is 0 Å². The van der Waals surface area contributed by atoms with Crippen LogP contribution in [0.3, 0.4) is 0 Å². The summed E-state index contributed by atoms with van der Waals surface area (Å²) in [5.74, 6) is -1.15. The molecule has 2 aromatic carbocycles. The lowest BCUT2D eigenvalue weighted by Crippen LogP contribution is -2.36. The van der Waals surface area contributed by atoms with Gasteiger partial charge in [0.15, 0.2) is 0 Å². The first-order valence-corrected chi connectivity index (χ1v) is 9.31. The highest BCUT2D eigenvalue weighted by Crippen LogP contribution is 2.34. The van der Waals surface area contributed by atoms with Gasteiger partial charge in [-0.25, -0.2) is 4.39 Å². The predicted octanol–water partition coefficient (Wildman–Crippen LogP) is 3.34. The third-order valence-electron chi connectivity index (χ3n) is 5.05. The molecule has 0 saturated carbocycles. The Morgan fingerprint density at radius 3 is 2.52 bits per heavy atom. The Morgan fingerprint density at radius 1 is 1.11 bits per heavy atom. The van der Waals surface area contributed by atoms with Crippen LogP contribution in [-0.4, -0.2) is 29.8 Å². The summed E-state index contributed by atoms with van der Waals surface area (Å²) < 4.78 is 13.7. The van der Waals surface area contributed by atoms with Crippen molar-refractivity contribution in [1.82, 2.24) is 10.2 Å². The molecule has 2 atom stereocenters. The first-order chi connectivity index (χ1) is 13.0. The van der Waals surface area contributed by atoms with E-state index in [0.717, 1.165) is 11.1 Å². The number of likely N-dealkylation sites (tertiary alicyclic amines) is 1. The summed E-state index contributed by atoms with van der Waals surface area (Å²) in [4.78, 5) is 27.1. The van der Waals surface area contributed by atoms with Crippen LogP contribution in [0, 0.1) is 17.7 Å². The number of amides is 2. The maximum absolute atomic E-state index is 13.7. The molecule has 1 aliphatic rings. The monoisotopic (exact) mass is 368 g/mol. The third-order valence-corrected chi connectivity index (χ3v) is 5.05. The first kappa shape index (κ1) is 19.1. The minimum Gasteiger partial charge on any atom is -0.352 e. The van der Waals surface area contributed by atoms with Gasteiger partial charge in [0.1, 0.15) is 5.82 Å². The predicted molar refractivity (Wildman–Crippen MR) is 102 cm³/mol. The van der Waals surface area contributed by atoms with E-state index in [1.807, 2.05) is 50.2 Å². The molecule has 4 nitrogen and oxygen atoms in total. The van der Waals surface area contributed by atoms with Crippen molar-refractivity contribution in [2.24, 2.45) is 11.8 Å². The molecule has 0 unspecified atom stereocenters. The number of carbonyl (C=O) groups is 2. The molecule has 1 aliphatic heterocycles. The molecular formula is C22H25FN2O2. The number of rotatable bonds is 5. The minimum absolute atomic E-state index is 0.0229. The van der Waals surface area contributed by atoms with E-state index >= 15 is 0 Å². The first-order valence-electron chi connectivity index (χ1n) is 9.31. The lowest BCUT2D eigenvalue weighted by Gasteiger charge is -2.18. The van der Waals surface area contributed by atoms with Crippen molar-refractivity contribution < 1.29 is 14.0 Å². The van der Waals surface area contributed by atoms with Gasteiger partial charge in [0.25, 0.3) is 0 Å². The van der Waals surface area contributed by atoms with Crippen molar-refractivity contribution >= 4 is 11.8 Å². The van der Waals surface area contributed by atoms with Crippen molar-refractivity contribution in [2.75, 3.05) is 13.1 Å². The van der Waals surface area contributed by atoms with Crippen molar-refractivity contribution in [3.05, 3.63) is 71.5 Å². The highest BCUT2D eigenvalue weighted by atomic mass is 19.1. The van der Waals surface area contributed by atoms with Gasteiger partial charge in [-0.3, -0.25) is 9.59 Å². The Hall–Kier alpha value is -2.69. The fourth-order valence-electron chi connectivity index (χ4n) is 3.61. The van der Waals surface area contributed by atoms with Crippen molar-refractivity contribution in [3.8, 4) is 0 Å². The average molecular weight is 368 g/mol. The van der Waals surface area contributed by atoms with Gasteiger partial charge in [-0.05, 0) is 23.3 Å². The molecule has 2 aromatic rings. The molecule has 0 radical (unpaired) electrons. The SMILES string of the molecule is CC(C)C(=O)N1C[C@@H](C(=O)NCc2ccccc2)[C@H](c2cccc(F)c2)C1. The topological polar surface area (TPSA) is 49.4 Å². The van der Waals surface area contributed by atoms with Crippen molar-refractivity contribution in [2.45, 2.75) is 26.3 Å². The Kier molecular flexibility index (Phi) is 5.89. The van der Waals surface area contributed by atoms with E-state index in [-0.39, 0.29) is 29.5 Å². The quantitative estimate of drug-likeness (QED) is 0.880. The molecule has 1 heterocycles. The minimum atomic E-state index is -0.391. The highest BCUT2D eigenvalue weighted by molar-refractivity contribution is 5.84. The molecule has 1 N–H and O–H groups in total. The maximum atomic E-state index is 13.7. The smallest absolute Gasteiger partial charge is 0.225 e. The molecule has 0 bridgehead atoms. The lowest BCUT2D eigenvalue weighted by molar-refractivity contribution is -0.133. The molecular weight excluding hydrogens is 343 g/mol. The summed E-state index contributed by atoms with van der Waals surface area (Å²) in [6.45, 7) is 4.93. The van der Waals surface area contributed by atoms with Crippen molar-refractivity contribution in [3.63, 3.8) is 0 Å². The zero-order valence-electron chi connectivity index (χ0n) is 15.7. The Bertz CT molecular complexity index is 807. The molecule has 1 fully saturated rings. The molecule has 0 spiro atoms. The van der Waals surface area contributed by atoms with Crippen LogP contribution >= 0.6 is 0 Å². The van der Waals surface area contributed by atoms with Gasteiger partial charge in [-0.15, -0.1) is 0 Å². The summed E-state index contributed by atoms with van der Waals surface area (Å²) in [7, 11) is 0. The third kappa shape index (κ3) is 4.54. The van der Waals surface area contributed by atoms with E-state index < -0.39 is 5.92 Å². The van der Waals surface area contributed by atoms with Crippen LogP contribution < -0.4 is 5.32 Å². The number of nitrogens with zero attached hydrogens (tertiary/aromatic N) is 1. The summed E-state index contributed by atoms with van der Waals surface area (Å²) in [5, 5.41) is 2.97. The second-order valence-electron chi connectivity index (χ2n) is 7.37. The molecule has 2 amide bonds. The van der Waals surface area contributed by atoms with E-state index in [2.05, 4.69) is 5.32 Å². The Balaban J connectivity index is 1.78. The second-order valence-corrected chi connectivity index (χ2v) is 7.37. The van der Waals surface area contributed by atoms with Gasteiger partial charge >= 0.3 is 0 Å². The molecule has 27 heavy (non-hydrogen) atoms. The van der Waals surface area contributed by atoms with E-state index in [9.17, 15) is 14.0 Å². The molecule has 0 aromatic heterocycles. The Morgan fingerprint density at radius 2 is 1.85 bits per heavy atom. The number of hydrogen-bond donors (Lipinski definition) is 1. The van der Waals surface area contributed by atoms with E-state index in [1.165, 1.54) is 12.1 Å². The number of carbonyl (C=O) groups excluding carboxylic acids is 2. The molecule has 142 valence electrons. The van der Waals surface area contributed by atoms with Crippen LogP contribution in [-0.2, 0) is 16.1 Å². The molecule has 5 heteroatoms. The van der Waals surface area contributed by atoms with Gasteiger partial charge in [-0.2, -0.15) is 0 Å². The van der Waals surface area contributed by atoms with E-state index in [4.69, 9.17) is 0 Å². The van der Waals surface area contributed by atoms with Gasteiger partial charge < -0.3 is 10.2 Å². The lowest BCUT2D eigenvalue weighted by atomic mass is 9.88. The second kappa shape index (κ2) is 8.33. The zero-order chi connectivity index (χ0) is 19.4. The number of halogens is 1. The number of hydrogen-bond acceptors (Lipinski definition) is 2. The fraction of sp³-hybridized carbons (Fsp3) is 0.364. The standard InChI is InChI=1S/C22H25FN2O2/c1-15(2)22(27)25-13-19(17-9-6-10-18(23)11-17)20(14-25)21(26)24-12-16-7-4-3-5-8-16/h3-11,15,19-20H,12-14H2,1-2H3,(H,24,26)/t19-,20+/m0/s1. The Labute approximate surface area is 159 Å². The summed E-state index contributed by atoms with van der Waals surface area (Å²) >= 11 is 0. The van der Waals surface area contributed by atoms with Gasteiger partial charge in [0.05, 0.1) is 5.92 Å².